The van der Waals surface area contributed by atoms with Crippen LogP contribution in [0.25, 0.3) is 0 Å². The molecule has 0 bridgehead atoms. The van der Waals surface area contributed by atoms with Gasteiger partial charge in [-0.3, -0.25) is 9.48 Å². The van der Waals surface area contributed by atoms with Crippen LogP contribution in [0.15, 0.2) is 30.5 Å². The monoisotopic (exact) mass is 330 g/mol. The fourth-order valence-corrected chi connectivity index (χ4v) is 2.73. The van der Waals surface area contributed by atoms with Gasteiger partial charge in [0.15, 0.2) is 10.9 Å². The third-order valence-corrected chi connectivity index (χ3v) is 4.02. The minimum Gasteiger partial charge on any atom is -0.356 e. The fourth-order valence-electron chi connectivity index (χ4n) is 2.43. The van der Waals surface area contributed by atoms with Crippen molar-refractivity contribution in [1.82, 2.24) is 15.1 Å². The molecular formula is C17H22N4OS. The average Bonchev–Trinajstić information content (AvgIpc) is 2.88. The van der Waals surface area contributed by atoms with Crippen LogP contribution in [0.2, 0.25) is 0 Å². The van der Waals surface area contributed by atoms with E-state index in [1.165, 1.54) is 0 Å². The topological polar surface area (TPSA) is 59.0 Å². The van der Waals surface area contributed by atoms with Gasteiger partial charge in [-0.2, -0.15) is 5.10 Å². The Labute approximate surface area is 142 Å². The molecule has 0 aliphatic rings. The number of aryl methyl sites for hydroxylation is 1. The molecule has 23 heavy (non-hydrogen) atoms. The second-order valence-corrected chi connectivity index (χ2v) is 5.86. The van der Waals surface area contributed by atoms with E-state index in [4.69, 9.17) is 12.2 Å². The smallest absolute Gasteiger partial charge is 0.171 e. The normalized spacial score (nSPS) is 11.8. The highest BCUT2D eigenvalue weighted by Gasteiger charge is 2.13. The Morgan fingerprint density at radius 1 is 1.35 bits per heavy atom. The molecule has 0 spiro atoms. The van der Waals surface area contributed by atoms with E-state index in [1.54, 1.807) is 19.1 Å². The predicted molar refractivity (Wildman–Crippen MR) is 96.9 cm³/mol. The number of ketones is 1. The standard InChI is InChI=1S/C17H22N4OS/c1-5-21-12(3)16(10-18-21)11(2)19-17(23)20-15-8-6-14(7-9-15)13(4)22/h6-11H,5H2,1-4H3,(H2,19,20,23). The van der Waals surface area contributed by atoms with Crippen molar-refractivity contribution in [2.45, 2.75) is 40.3 Å². The molecule has 0 saturated heterocycles. The van der Waals surface area contributed by atoms with Gasteiger partial charge < -0.3 is 10.6 Å². The number of Topliss-reactive ketones (excluding diaryl/α,β-unsaturated/α-hetero) is 1. The highest BCUT2D eigenvalue weighted by molar-refractivity contribution is 7.80. The highest BCUT2D eigenvalue weighted by Crippen LogP contribution is 2.17. The van der Waals surface area contributed by atoms with Crippen molar-refractivity contribution < 1.29 is 4.79 Å². The van der Waals surface area contributed by atoms with Gasteiger partial charge >= 0.3 is 0 Å². The van der Waals surface area contributed by atoms with E-state index in [1.807, 2.05) is 23.0 Å². The number of benzene rings is 1. The molecule has 5 nitrogen and oxygen atoms in total. The molecular weight excluding hydrogens is 308 g/mol. The second-order valence-electron chi connectivity index (χ2n) is 5.45. The summed E-state index contributed by atoms with van der Waals surface area (Å²) in [5, 5.41) is 11.3. The molecule has 122 valence electrons. The first-order valence-corrected chi connectivity index (χ1v) is 8.04. The van der Waals surface area contributed by atoms with Gasteiger partial charge in [0.1, 0.15) is 0 Å². The molecule has 2 rings (SSSR count). The lowest BCUT2D eigenvalue weighted by molar-refractivity contribution is 0.101. The lowest BCUT2D eigenvalue weighted by atomic mass is 10.1. The quantitative estimate of drug-likeness (QED) is 0.649. The number of thiocarbonyl (C=S) groups is 1. The molecule has 1 heterocycles. The Kier molecular flexibility index (Phi) is 5.50. The Bertz CT molecular complexity index is 706. The number of anilines is 1. The van der Waals surface area contributed by atoms with Crippen molar-refractivity contribution in [2.24, 2.45) is 0 Å². The lowest BCUT2D eigenvalue weighted by Gasteiger charge is -2.17. The zero-order chi connectivity index (χ0) is 17.0. The largest absolute Gasteiger partial charge is 0.356 e. The molecule has 1 aromatic carbocycles. The van der Waals surface area contributed by atoms with E-state index in [0.717, 1.165) is 23.5 Å². The van der Waals surface area contributed by atoms with E-state index in [-0.39, 0.29) is 11.8 Å². The molecule has 0 amide bonds. The van der Waals surface area contributed by atoms with Crippen LogP contribution in [0.3, 0.4) is 0 Å². The molecule has 0 radical (unpaired) electrons. The van der Waals surface area contributed by atoms with Crippen molar-refractivity contribution in [1.29, 1.82) is 0 Å². The van der Waals surface area contributed by atoms with Crippen molar-refractivity contribution in [3.05, 3.63) is 47.3 Å². The molecule has 0 aliphatic carbocycles. The van der Waals surface area contributed by atoms with E-state index in [2.05, 4.69) is 36.5 Å². The Morgan fingerprint density at radius 3 is 2.52 bits per heavy atom. The summed E-state index contributed by atoms with van der Waals surface area (Å²) in [5.41, 5.74) is 3.80. The highest BCUT2D eigenvalue weighted by atomic mass is 32.1. The number of hydrogen-bond donors (Lipinski definition) is 2. The van der Waals surface area contributed by atoms with Crippen LogP contribution in [0, 0.1) is 6.92 Å². The third kappa shape index (κ3) is 4.16. The third-order valence-electron chi connectivity index (χ3n) is 3.80. The van der Waals surface area contributed by atoms with Gasteiger partial charge in [-0.05, 0) is 64.2 Å². The Hall–Kier alpha value is -2.21. The van der Waals surface area contributed by atoms with Crippen LogP contribution in [0.4, 0.5) is 5.69 Å². The molecule has 6 heteroatoms. The van der Waals surface area contributed by atoms with Gasteiger partial charge in [-0.15, -0.1) is 0 Å². The van der Waals surface area contributed by atoms with Gasteiger partial charge in [0.25, 0.3) is 0 Å². The van der Waals surface area contributed by atoms with E-state index >= 15 is 0 Å². The summed E-state index contributed by atoms with van der Waals surface area (Å²) in [6, 6.07) is 7.32. The first kappa shape index (κ1) is 17.1. The maximum Gasteiger partial charge on any atom is 0.171 e. The van der Waals surface area contributed by atoms with Crippen molar-refractivity contribution in [3.8, 4) is 0 Å². The molecule has 0 fully saturated rings. The van der Waals surface area contributed by atoms with Gasteiger partial charge in [0.05, 0.1) is 12.2 Å². The second kappa shape index (κ2) is 7.37. The first-order valence-electron chi connectivity index (χ1n) is 7.63. The molecule has 2 N–H and O–H groups in total. The van der Waals surface area contributed by atoms with Crippen LogP contribution in [0.5, 0.6) is 0 Å². The van der Waals surface area contributed by atoms with Crippen molar-refractivity contribution in [2.75, 3.05) is 5.32 Å². The summed E-state index contributed by atoms with van der Waals surface area (Å²) < 4.78 is 1.96. The molecule has 1 atom stereocenters. The van der Waals surface area contributed by atoms with Crippen LogP contribution < -0.4 is 10.6 Å². The van der Waals surface area contributed by atoms with Crippen molar-refractivity contribution >= 4 is 28.8 Å². The molecule has 0 aliphatic heterocycles. The summed E-state index contributed by atoms with van der Waals surface area (Å²) in [6.07, 6.45) is 1.88. The first-order chi connectivity index (χ1) is 10.9. The predicted octanol–water partition coefficient (Wildman–Crippen LogP) is 3.46. The maximum atomic E-state index is 11.3. The zero-order valence-electron chi connectivity index (χ0n) is 13.9. The number of aromatic nitrogens is 2. The van der Waals surface area contributed by atoms with Crippen LogP contribution in [-0.2, 0) is 6.54 Å². The molecule has 2 aromatic rings. The zero-order valence-corrected chi connectivity index (χ0v) is 14.7. The summed E-state index contributed by atoms with van der Waals surface area (Å²) in [4.78, 5) is 11.3. The minimum absolute atomic E-state index is 0.0503. The number of rotatable bonds is 5. The van der Waals surface area contributed by atoms with Gasteiger partial charge in [-0.25, -0.2) is 0 Å². The van der Waals surface area contributed by atoms with Gasteiger partial charge in [0, 0.05) is 29.1 Å². The van der Waals surface area contributed by atoms with Crippen LogP contribution in [-0.4, -0.2) is 20.7 Å². The van der Waals surface area contributed by atoms with E-state index in [9.17, 15) is 4.79 Å². The lowest BCUT2D eigenvalue weighted by Crippen LogP contribution is -2.31. The number of nitrogens with one attached hydrogen (secondary N) is 2. The van der Waals surface area contributed by atoms with Crippen molar-refractivity contribution in [3.63, 3.8) is 0 Å². The average molecular weight is 330 g/mol. The SMILES string of the molecule is CCn1ncc(C(C)NC(=S)Nc2ccc(C(C)=O)cc2)c1C. The summed E-state index contributed by atoms with van der Waals surface area (Å²) in [6.45, 7) is 8.58. The minimum atomic E-state index is 0.0503. The number of carbonyl (C=O) groups is 1. The maximum absolute atomic E-state index is 11.3. The summed E-state index contributed by atoms with van der Waals surface area (Å²) >= 11 is 5.36. The van der Waals surface area contributed by atoms with E-state index < -0.39 is 0 Å². The van der Waals surface area contributed by atoms with E-state index in [0.29, 0.717) is 10.7 Å². The fraction of sp³-hybridized carbons (Fsp3) is 0.353. The number of hydrogen-bond acceptors (Lipinski definition) is 3. The number of nitrogens with zero attached hydrogens (tertiary/aromatic N) is 2. The molecule has 1 unspecified atom stereocenters. The molecule has 0 saturated carbocycles. The van der Waals surface area contributed by atoms with Gasteiger partial charge in [0.2, 0.25) is 0 Å². The Balaban J connectivity index is 1.98. The number of carbonyl (C=O) groups excluding carboxylic acids is 1. The van der Waals surface area contributed by atoms with Crippen LogP contribution in [0.1, 0.15) is 48.4 Å². The van der Waals surface area contributed by atoms with Gasteiger partial charge in [-0.1, -0.05) is 0 Å². The summed E-state index contributed by atoms with van der Waals surface area (Å²) in [7, 11) is 0. The molecule has 1 aromatic heterocycles. The van der Waals surface area contributed by atoms with Crippen LogP contribution >= 0.6 is 12.2 Å². The summed E-state index contributed by atoms with van der Waals surface area (Å²) in [5.74, 6) is 0.0503. The Morgan fingerprint density at radius 2 is 2.00 bits per heavy atom.